The Morgan fingerprint density at radius 1 is 0.956 bits per heavy atom. The molecule has 2 heterocycles. The van der Waals surface area contributed by atoms with Crippen LogP contribution in [0, 0.1) is 5.82 Å². The van der Waals surface area contributed by atoms with E-state index in [1.165, 1.54) is 50.9 Å². The summed E-state index contributed by atoms with van der Waals surface area (Å²) < 4.78 is 68.6. The van der Waals surface area contributed by atoms with E-state index < -0.39 is 35.8 Å². The minimum Gasteiger partial charge on any atom is -0.494 e. The molecule has 0 aliphatic rings. The van der Waals surface area contributed by atoms with Gasteiger partial charge >= 0.3 is 0 Å². The molecule has 1 atom stereocenters. The van der Waals surface area contributed by atoms with Crippen molar-refractivity contribution in [2.24, 2.45) is 0 Å². The third-order valence-corrected chi connectivity index (χ3v) is 11.2. The first-order chi connectivity index (χ1) is 21.3. The molecule has 15 heteroatoms. The molecule has 11 nitrogen and oxygen atoms in total. The van der Waals surface area contributed by atoms with E-state index in [9.17, 15) is 12.8 Å². The van der Waals surface area contributed by atoms with Gasteiger partial charge < -0.3 is 18.9 Å². The summed E-state index contributed by atoms with van der Waals surface area (Å²) in [6.45, 7) is 6.60. The van der Waals surface area contributed by atoms with Crippen LogP contribution in [-0.2, 0) is 14.8 Å². The summed E-state index contributed by atoms with van der Waals surface area (Å²) in [5, 5.41) is 8.92. The molecule has 242 valence electrons. The molecule has 0 fully saturated rings. The molecule has 4 aromatic rings. The molecule has 1 unspecified atom stereocenters. The van der Waals surface area contributed by atoms with Gasteiger partial charge in [-0.3, -0.25) is 4.57 Å². The quantitative estimate of drug-likeness (QED) is 0.142. The van der Waals surface area contributed by atoms with E-state index in [0.717, 1.165) is 0 Å². The van der Waals surface area contributed by atoms with Crippen LogP contribution in [-0.4, -0.2) is 77.0 Å². The van der Waals surface area contributed by atoms with Gasteiger partial charge in [-0.1, -0.05) is 53.8 Å². The van der Waals surface area contributed by atoms with Crippen LogP contribution in [0.1, 0.15) is 11.7 Å². The number of methoxy groups -OCH3 is 4. The van der Waals surface area contributed by atoms with Crippen molar-refractivity contribution in [2.45, 2.75) is 31.8 Å². The number of halogens is 2. The molecule has 0 aliphatic heterocycles. The minimum atomic E-state index is -4.17. The molecule has 0 aliphatic carbocycles. The van der Waals surface area contributed by atoms with Crippen molar-refractivity contribution in [3.05, 3.63) is 70.5 Å². The first-order valence-corrected chi connectivity index (χ1v) is 20.1. The van der Waals surface area contributed by atoms with Gasteiger partial charge in [-0.2, -0.15) is 0 Å². The lowest BCUT2D eigenvalue weighted by Crippen LogP contribution is -2.40. The fraction of sp³-hybridized carbons (Fsp3) is 0.367. The number of aromatic nitrogens is 4. The normalized spacial score (nSPS) is 12.6. The molecule has 0 amide bonds. The summed E-state index contributed by atoms with van der Waals surface area (Å²) in [5.41, 5.74) is 1.26. The number of para-hydroxylation sites is 1. The number of anilines is 1. The van der Waals surface area contributed by atoms with E-state index in [1.807, 2.05) is 0 Å². The highest BCUT2D eigenvalue weighted by Crippen LogP contribution is 2.39. The molecular weight excluding hydrogens is 685 g/mol. The fourth-order valence-electron chi connectivity index (χ4n) is 4.64. The van der Waals surface area contributed by atoms with Gasteiger partial charge in [0.1, 0.15) is 28.7 Å². The predicted octanol–water partition coefficient (Wildman–Crippen LogP) is 6.12. The summed E-state index contributed by atoms with van der Waals surface area (Å²) in [6, 6.07) is 15.1. The lowest BCUT2D eigenvalue weighted by molar-refractivity contribution is 0.121. The van der Waals surface area contributed by atoms with Crippen molar-refractivity contribution in [1.29, 1.82) is 0 Å². The first-order valence-electron chi connectivity index (χ1n) is 14.0. The topological polar surface area (TPSA) is 118 Å². The number of pyridine rings is 1. The Labute approximate surface area is 272 Å². The standard InChI is InChI=1S/C30H37BrFN5O6SSi/c1-40-24-11-9-12-25(41-2)28(24)37-29(23-10-8-13-27(33-23)43-4)34-35-30(37)36(16-17-45(5,6)7)44(38,39)19-26(42-3)21-15-14-20(32)18-22(21)31/h8-15,18,26H,16-17,19H2,1-7H3. The second-order valence-electron chi connectivity index (χ2n) is 11.3. The van der Waals surface area contributed by atoms with E-state index in [2.05, 4.69) is 50.8 Å². The van der Waals surface area contributed by atoms with Crippen molar-refractivity contribution >= 4 is 40.0 Å². The summed E-state index contributed by atoms with van der Waals surface area (Å²) in [5.74, 6) is 0.471. The smallest absolute Gasteiger partial charge is 0.246 e. The second kappa shape index (κ2) is 14.3. The lowest BCUT2D eigenvalue weighted by Gasteiger charge is -2.29. The second-order valence-corrected chi connectivity index (χ2v) is 19.7. The Morgan fingerprint density at radius 2 is 1.62 bits per heavy atom. The molecule has 2 aromatic carbocycles. The van der Waals surface area contributed by atoms with Crippen molar-refractivity contribution in [3.63, 3.8) is 0 Å². The molecule has 0 saturated carbocycles. The third-order valence-electron chi connectivity index (χ3n) is 7.01. The van der Waals surface area contributed by atoms with Crippen LogP contribution in [0.3, 0.4) is 0 Å². The van der Waals surface area contributed by atoms with Gasteiger partial charge in [0.05, 0.1) is 33.2 Å². The fourth-order valence-corrected chi connectivity index (χ4v) is 7.92. The van der Waals surface area contributed by atoms with Crippen LogP contribution < -0.4 is 18.5 Å². The summed E-state index contributed by atoms with van der Waals surface area (Å²) in [6.07, 6.45) is -0.920. The van der Waals surface area contributed by atoms with Crippen molar-refractivity contribution in [1.82, 2.24) is 19.7 Å². The van der Waals surface area contributed by atoms with Crippen LogP contribution in [0.2, 0.25) is 25.7 Å². The van der Waals surface area contributed by atoms with Crippen LogP contribution in [0.15, 0.2) is 59.1 Å². The maximum absolute atomic E-state index is 14.5. The van der Waals surface area contributed by atoms with Gasteiger partial charge in [-0.05, 0) is 41.9 Å². The number of ether oxygens (including phenoxy) is 4. The van der Waals surface area contributed by atoms with Gasteiger partial charge in [0.25, 0.3) is 0 Å². The third kappa shape index (κ3) is 7.83. The zero-order chi connectivity index (χ0) is 32.9. The summed E-state index contributed by atoms with van der Waals surface area (Å²) in [4.78, 5) is 4.55. The predicted molar refractivity (Wildman–Crippen MR) is 177 cm³/mol. The Kier molecular flexibility index (Phi) is 10.9. The average molecular weight is 723 g/mol. The van der Waals surface area contributed by atoms with E-state index in [1.54, 1.807) is 41.0 Å². The van der Waals surface area contributed by atoms with Crippen LogP contribution >= 0.6 is 15.9 Å². The highest BCUT2D eigenvalue weighted by molar-refractivity contribution is 9.10. The SMILES string of the molecule is COc1cccc(-c2nnc(N(CC[Si](C)(C)C)S(=O)(=O)CC(OC)c3ccc(F)cc3Br)n2-c2c(OC)cccc2OC)n1. The largest absolute Gasteiger partial charge is 0.494 e. The number of benzene rings is 2. The van der Waals surface area contributed by atoms with E-state index >= 15 is 0 Å². The Bertz CT molecular complexity index is 1730. The summed E-state index contributed by atoms with van der Waals surface area (Å²) >= 11 is 3.36. The molecule has 0 spiro atoms. The van der Waals surface area contributed by atoms with Gasteiger partial charge in [0.15, 0.2) is 5.82 Å². The number of hydrogen-bond acceptors (Lipinski definition) is 9. The molecule has 2 aromatic heterocycles. The Morgan fingerprint density at radius 3 is 2.20 bits per heavy atom. The highest BCUT2D eigenvalue weighted by Gasteiger charge is 2.35. The zero-order valence-corrected chi connectivity index (χ0v) is 29.6. The maximum atomic E-state index is 14.5. The first kappa shape index (κ1) is 34.3. The molecular formula is C30H37BrFN5O6SSi. The molecule has 0 bridgehead atoms. The van der Waals surface area contributed by atoms with Crippen molar-refractivity contribution < 1.29 is 31.8 Å². The van der Waals surface area contributed by atoms with Crippen LogP contribution in [0.4, 0.5) is 10.3 Å². The molecule has 0 N–H and O–H groups in total. The number of rotatable bonds is 14. The van der Waals surface area contributed by atoms with E-state index in [0.29, 0.717) is 44.8 Å². The molecule has 4 rings (SSSR count). The zero-order valence-electron chi connectivity index (χ0n) is 26.2. The highest BCUT2D eigenvalue weighted by atomic mass is 79.9. The van der Waals surface area contributed by atoms with E-state index in [-0.39, 0.29) is 18.3 Å². The van der Waals surface area contributed by atoms with Crippen LogP contribution in [0.25, 0.3) is 17.2 Å². The maximum Gasteiger partial charge on any atom is 0.246 e. The van der Waals surface area contributed by atoms with Gasteiger partial charge in [0, 0.05) is 32.3 Å². The Hall–Kier alpha value is -3.53. The lowest BCUT2D eigenvalue weighted by atomic mass is 10.1. The molecule has 0 radical (unpaired) electrons. The van der Waals surface area contributed by atoms with Gasteiger partial charge in [-0.15, -0.1) is 10.2 Å². The monoisotopic (exact) mass is 721 g/mol. The summed E-state index contributed by atoms with van der Waals surface area (Å²) in [7, 11) is -0.0187. The Balaban J connectivity index is 1.98. The van der Waals surface area contributed by atoms with Crippen LogP contribution in [0.5, 0.6) is 17.4 Å². The molecule has 45 heavy (non-hydrogen) atoms. The molecule has 0 saturated heterocycles. The number of nitrogens with zero attached hydrogens (tertiary/aromatic N) is 5. The average Bonchev–Trinajstić information content (AvgIpc) is 3.43. The van der Waals surface area contributed by atoms with Gasteiger partial charge in [-0.25, -0.2) is 22.1 Å². The number of hydrogen-bond donors (Lipinski definition) is 0. The van der Waals surface area contributed by atoms with Crippen molar-refractivity contribution in [2.75, 3.05) is 45.0 Å². The van der Waals surface area contributed by atoms with E-state index in [4.69, 9.17) is 18.9 Å². The minimum absolute atomic E-state index is 0.0173. The van der Waals surface area contributed by atoms with Crippen molar-refractivity contribution in [3.8, 4) is 34.6 Å². The number of sulfonamides is 1. The van der Waals surface area contributed by atoms with Gasteiger partial charge in [0.2, 0.25) is 21.9 Å².